The molecule has 1 aromatic heterocycles. The van der Waals surface area contributed by atoms with E-state index >= 15 is 0 Å². The van der Waals surface area contributed by atoms with E-state index in [0.717, 1.165) is 15.1 Å². The Bertz CT molecular complexity index is 655. The van der Waals surface area contributed by atoms with E-state index in [1.165, 1.54) is 0 Å². The van der Waals surface area contributed by atoms with Crippen LogP contribution in [0.2, 0.25) is 5.02 Å². The number of rotatable bonds is 4. The molecule has 0 atom stereocenters. The van der Waals surface area contributed by atoms with Gasteiger partial charge in [-0.05, 0) is 40.4 Å². The first-order valence-corrected chi connectivity index (χ1v) is 8.59. The summed E-state index contributed by atoms with van der Waals surface area (Å²) >= 11 is 11.2. The summed E-state index contributed by atoms with van der Waals surface area (Å²) in [6.45, 7) is 0.454. The number of amides is 1. The van der Waals surface area contributed by atoms with E-state index < -0.39 is 0 Å². The third-order valence-electron chi connectivity index (χ3n) is 3.15. The lowest BCUT2D eigenvalue weighted by molar-refractivity contribution is 0.0781. The molecule has 21 heavy (non-hydrogen) atoms. The summed E-state index contributed by atoms with van der Waals surface area (Å²) in [6.07, 6.45) is 3.68. The summed E-state index contributed by atoms with van der Waals surface area (Å²) < 4.78 is 2.63. The molecule has 7 heteroatoms. The molecule has 0 fully saturated rings. The minimum absolute atomic E-state index is 0.107. The number of thioether (sulfide) groups is 1. The third-order valence-corrected chi connectivity index (χ3v) is 4.87. The zero-order valence-corrected chi connectivity index (χ0v) is 15.1. The van der Waals surface area contributed by atoms with Crippen LogP contribution in [-0.2, 0) is 13.6 Å². The van der Waals surface area contributed by atoms with Gasteiger partial charge in [-0.25, -0.2) is 0 Å². The Morgan fingerprint density at radius 2 is 2.24 bits per heavy atom. The molecule has 1 amide bonds. The number of benzene rings is 1. The molecule has 0 N–H and O–H groups in total. The number of halogens is 2. The van der Waals surface area contributed by atoms with Crippen LogP contribution >= 0.6 is 39.3 Å². The summed E-state index contributed by atoms with van der Waals surface area (Å²) in [5, 5.41) is 4.62. The van der Waals surface area contributed by atoms with Gasteiger partial charge < -0.3 is 4.90 Å². The van der Waals surface area contributed by atoms with Gasteiger partial charge in [0.25, 0.3) is 5.91 Å². The highest BCUT2D eigenvalue weighted by Gasteiger charge is 2.18. The number of carbonyl (C=O) groups is 1. The molecular weight excluding hydrogens is 374 g/mol. The summed E-state index contributed by atoms with van der Waals surface area (Å²) in [5.41, 5.74) is 1.45. The van der Waals surface area contributed by atoms with Crippen molar-refractivity contribution >= 4 is 45.2 Å². The first-order valence-electron chi connectivity index (χ1n) is 6.19. The van der Waals surface area contributed by atoms with Gasteiger partial charge in [0.15, 0.2) is 0 Å². The van der Waals surface area contributed by atoms with E-state index in [1.807, 2.05) is 25.4 Å². The molecule has 4 nitrogen and oxygen atoms in total. The zero-order valence-electron chi connectivity index (χ0n) is 11.9. The quantitative estimate of drug-likeness (QED) is 0.747. The number of nitrogens with zero attached hydrogens (tertiary/aromatic N) is 3. The summed E-state index contributed by atoms with van der Waals surface area (Å²) in [7, 11) is 3.60. The van der Waals surface area contributed by atoms with Gasteiger partial charge in [0, 0.05) is 19.0 Å². The molecule has 1 heterocycles. The smallest absolute Gasteiger partial charge is 0.255 e. The minimum Gasteiger partial charge on any atom is -0.336 e. The first-order chi connectivity index (χ1) is 9.93. The Morgan fingerprint density at radius 1 is 1.52 bits per heavy atom. The Morgan fingerprint density at radius 3 is 2.81 bits per heavy atom. The van der Waals surface area contributed by atoms with E-state index in [4.69, 9.17) is 11.6 Å². The predicted octanol–water partition coefficient (Wildman–Crippen LogP) is 3.83. The Hall–Kier alpha value is -0.980. The lowest BCUT2D eigenvalue weighted by Gasteiger charge is -2.18. The van der Waals surface area contributed by atoms with Gasteiger partial charge in [-0.2, -0.15) is 5.10 Å². The highest BCUT2D eigenvalue weighted by molar-refractivity contribution is 9.10. The second-order valence-electron chi connectivity index (χ2n) is 4.57. The Kier molecular flexibility index (Phi) is 5.35. The topological polar surface area (TPSA) is 38.1 Å². The second-order valence-corrected chi connectivity index (χ2v) is 6.71. The number of carbonyl (C=O) groups excluding carboxylic acids is 1. The van der Waals surface area contributed by atoms with Crippen molar-refractivity contribution in [2.75, 3.05) is 13.3 Å². The molecule has 0 bridgehead atoms. The molecule has 1 aromatic carbocycles. The van der Waals surface area contributed by atoms with Crippen molar-refractivity contribution in [1.29, 1.82) is 0 Å². The molecule has 0 saturated heterocycles. The third kappa shape index (κ3) is 3.62. The molecule has 0 unspecified atom stereocenters. The van der Waals surface area contributed by atoms with Crippen molar-refractivity contribution in [2.45, 2.75) is 11.4 Å². The van der Waals surface area contributed by atoms with Crippen molar-refractivity contribution in [1.82, 2.24) is 14.7 Å². The minimum atomic E-state index is -0.107. The van der Waals surface area contributed by atoms with Crippen molar-refractivity contribution in [2.24, 2.45) is 7.05 Å². The largest absolute Gasteiger partial charge is 0.336 e. The molecule has 0 aliphatic rings. The number of aryl methyl sites for hydroxylation is 1. The van der Waals surface area contributed by atoms with Gasteiger partial charge in [0.1, 0.15) is 0 Å². The molecule has 0 radical (unpaired) electrons. The van der Waals surface area contributed by atoms with Gasteiger partial charge in [-0.15, -0.1) is 11.8 Å². The van der Waals surface area contributed by atoms with Gasteiger partial charge in [0.2, 0.25) is 0 Å². The fourth-order valence-electron chi connectivity index (χ4n) is 1.91. The van der Waals surface area contributed by atoms with Crippen LogP contribution in [0.5, 0.6) is 0 Å². The first kappa shape index (κ1) is 16.4. The summed E-state index contributed by atoms with van der Waals surface area (Å²) in [5.74, 6) is -0.107. The summed E-state index contributed by atoms with van der Waals surface area (Å²) in [6, 6.07) is 5.49. The van der Waals surface area contributed by atoms with Crippen LogP contribution in [0.25, 0.3) is 0 Å². The van der Waals surface area contributed by atoms with Crippen LogP contribution in [-0.4, -0.2) is 33.9 Å². The lowest BCUT2D eigenvalue weighted by Crippen LogP contribution is -2.27. The van der Waals surface area contributed by atoms with Gasteiger partial charge >= 0.3 is 0 Å². The van der Waals surface area contributed by atoms with Crippen LogP contribution in [0.1, 0.15) is 16.1 Å². The molecule has 2 rings (SSSR count). The standard InChI is InChI=1S/C14H15BrClN3OS/c1-18(8-13-11(15)7-17-19(13)2)14(20)10-6-9(21-3)4-5-12(10)16/h4-7H,8H2,1-3H3. The van der Waals surface area contributed by atoms with E-state index in [9.17, 15) is 4.79 Å². The highest BCUT2D eigenvalue weighted by Crippen LogP contribution is 2.25. The van der Waals surface area contributed by atoms with Gasteiger partial charge in [-0.1, -0.05) is 11.6 Å². The van der Waals surface area contributed by atoms with E-state index in [1.54, 1.807) is 40.7 Å². The lowest BCUT2D eigenvalue weighted by atomic mass is 10.2. The monoisotopic (exact) mass is 387 g/mol. The number of aromatic nitrogens is 2. The molecule has 0 spiro atoms. The van der Waals surface area contributed by atoms with E-state index in [0.29, 0.717) is 17.1 Å². The van der Waals surface area contributed by atoms with Crippen LogP contribution in [0, 0.1) is 0 Å². The van der Waals surface area contributed by atoms with Gasteiger partial charge in [0.05, 0.1) is 33.5 Å². The maximum absolute atomic E-state index is 12.6. The Labute approximate surface area is 141 Å². The molecule has 0 aliphatic heterocycles. The molecule has 0 saturated carbocycles. The second kappa shape index (κ2) is 6.85. The molecule has 2 aromatic rings. The molecule has 112 valence electrons. The van der Waals surface area contributed by atoms with Gasteiger partial charge in [-0.3, -0.25) is 9.48 Å². The van der Waals surface area contributed by atoms with Crippen LogP contribution in [0.3, 0.4) is 0 Å². The van der Waals surface area contributed by atoms with Crippen LogP contribution < -0.4 is 0 Å². The van der Waals surface area contributed by atoms with Crippen LogP contribution in [0.15, 0.2) is 33.8 Å². The highest BCUT2D eigenvalue weighted by atomic mass is 79.9. The van der Waals surface area contributed by atoms with Crippen molar-refractivity contribution in [3.63, 3.8) is 0 Å². The molecular formula is C14H15BrClN3OS. The average molecular weight is 389 g/mol. The summed E-state index contributed by atoms with van der Waals surface area (Å²) in [4.78, 5) is 15.2. The Balaban J connectivity index is 2.23. The number of hydrogen-bond acceptors (Lipinski definition) is 3. The maximum Gasteiger partial charge on any atom is 0.255 e. The number of hydrogen-bond donors (Lipinski definition) is 0. The van der Waals surface area contributed by atoms with Crippen molar-refractivity contribution in [3.05, 3.63) is 45.1 Å². The van der Waals surface area contributed by atoms with Crippen molar-refractivity contribution < 1.29 is 4.79 Å². The SMILES string of the molecule is CSc1ccc(Cl)c(C(=O)N(C)Cc2c(Br)cnn2C)c1. The fourth-order valence-corrected chi connectivity index (χ4v) is 3.02. The normalized spacial score (nSPS) is 10.7. The van der Waals surface area contributed by atoms with E-state index in [-0.39, 0.29) is 5.91 Å². The van der Waals surface area contributed by atoms with Crippen LogP contribution in [0.4, 0.5) is 0 Å². The average Bonchev–Trinajstić information content (AvgIpc) is 2.79. The van der Waals surface area contributed by atoms with E-state index in [2.05, 4.69) is 21.0 Å². The predicted molar refractivity (Wildman–Crippen MR) is 89.9 cm³/mol. The van der Waals surface area contributed by atoms with Crippen molar-refractivity contribution in [3.8, 4) is 0 Å². The zero-order chi connectivity index (χ0) is 15.6. The maximum atomic E-state index is 12.6. The fraction of sp³-hybridized carbons (Fsp3) is 0.286. The molecule has 0 aliphatic carbocycles.